The summed E-state index contributed by atoms with van der Waals surface area (Å²) in [5.41, 5.74) is 1.29. The SMILES string of the molecule is O=C(COc1ncnc2ccccc12)Nc1ccc(Cl)c(Cl)c1. The Morgan fingerprint density at radius 2 is 1.91 bits per heavy atom. The number of ether oxygens (including phenoxy) is 1. The van der Waals surface area contributed by atoms with E-state index < -0.39 is 0 Å². The number of nitrogens with one attached hydrogen (secondary N) is 1. The zero-order valence-corrected chi connectivity index (χ0v) is 13.3. The second-order valence-corrected chi connectivity index (χ2v) is 5.48. The summed E-state index contributed by atoms with van der Waals surface area (Å²) in [5.74, 6) is 0.0333. The molecule has 0 aliphatic carbocycles. The van der Waals surface area contributed by atoms with Crippen molar-refractivity contribution in [3.8, 4) is 5.88 Å². The number of aromatic nitrogens is 2. The molecule has 0 bridgehead atoms. The fourth-order valence-electron chi connectivity index (χ4n) is 2.00. The number of rotatable bonds is 4. The minimum atomic E-state index is -0.328. The van der Waals surface area contributed by atoms with Gasteiger partial charge in [-0.15, -0.1) is 0 Å². The van der Waals surface area contributed by atoms with E-state index in [0.717, 1.165) is 10.9 Å². The van der Waals surface area contributed by atoms with Gasteiger partial charge in [0.1, 0.15) is 6.33 Å². The molecule has 3 rings (SSSR count). The molecule has 0 saturated heterocycles. The Labute approximate surface area is 142 Å². The number of anilines is 1. The Hall–Kier alpha value is -2.37. The van der Waals surface area contributed by atoms with Crippen LogP contribution in [-0.4, -0.2) is 22.5 Å². The molecule has 0 saturated carbocycles. The van der Waals surface area contributed by atoms with E-state index in [2.05, 4.69) is 15.3 Å². The fourth-order valence-corrected chi connectivity index (χ4v) is 2.30. The number of para-hydroxylation sites is 1. The third kappa shape index (κ3) is 3.70. The Kier molecular flexibility index (Phi) is 4.60. The van der Waals surface area contributed by atoms with Gasteiger partial charge in [0.2, 0.25) is 5.88 Å². The number of carbonyl (C=O) groups is 1. The normalized spacial score (nSPS) is 10.5. The molecule has 0 fully saturated rings. The van der Waals surface area contributed by atoms with Crippen LogP contribution in [0.4, 0.5) is 5.69 Å². The predicted octanol–water partition coefficient (Wildman–Crippen LogP) is 3.95. The highest BCUT2D eigenvalue weighted by Gasteiger charge is 2.08. The van der Waals surface area contributed by atoms with Crippen molar-refractivity contribution in [2.75, 3.05) is 11.9 Å². The number of benzene rings is 2. The van der Waals surface area contributed by atoms with Gasteiger partial charge >= 0.3 is 0 Å². The van der Waals surface area contributed by atoms with Crippen molar-refractivity contribution >= 4 is 45.7 Å². The van der Waals surface area contributed by atoms with Crippen molar-refractivity contribution in [1.29, 1.82) is 0 Å². The van der Waals surface area contributed by atoms with Crippen LogP contribution in [0, 0.1) is 0 Å². The van der Waals surface area contributed by atoms with Gasteiger partial charge < -0.3 is 10.1 Å². The van der Waals surface area contributed by atoms with E-state index in [1.807, 2.05) is 24.3 Å². The molecule has 0 aliphatic heterocycles. The minimum Gasteiger partial charge on any atom is -0.467 e. The molecule has 0 spiro atoms. The molecular weight excluding hydrogens is 337 g/mol. The molecule has 2 aromatic carbocycles. The highest BCUT2D eigenvalue weighted by atomic mass is 35.5. The number of hydrogen-bond donors (Lipinski definition) is 1. The Bertz CT molecular complexity index is 866. The van der Waals surface area contributed by atoms with Gasteiger partial charge in [-0.3, -0.25) is 4.79 Å². The molecule has 116 valence electrons. The van der Waals surface area contributed by atoms with Crippen molar-refractivity contribution in [3.63, 3.8) is 0 Å². The molecule has 1 aromatic heterocycles. The highest BCUT2D eigenvalue weighted by molar-refractivity contribution is 6.42. The smallest absolute Gasteiger partial charge is 0.262 e. The van der Waals surface area contributed by atoms with E-state index in [1.54, 1.807) is 18.2 Å². The maximum absolute atomic E-state index is 12.0. The third-order valence-corrected chi connectivity index (χ3v) is 3.79. The fraction of sp³-hybridized carbons (Fsp3) is 0.0625. The number of amides is 1. The van der Waals surface area contributed by atoms with Crippen molar-refractivity contribution in [3.05, 3.63) is 58.8 Å². The highest BCUT2D eigenvalue weighted by Crippen LogP contribution is 2.25. The quantitative estimate of drug-likeness (QED) is 0.775. The first-order chi connectivity index (χ1) is 11.1. The molecule has 1 heterocycles. The molecular formula is C16H11Cl2N3O2. The van der Waals surface area contributed by atoms with Gasteiger partial charge in [-0.05, 0) is 30.3 Å². The van der Waals surface area contributed by atoms with Crippen LogP contribution in [0.25, 0.3) is 10.9 Å². The second-order valence-electron chi connectivity index (χ2n) is 4.66. The zero-order valence-electron chi connectivity index (χ0n) is 11.8. The molecule has 0 aliphatic rings. The van der Waals surface area contributed by atoms with Crippen molar-refractivity contribution in [2.45, 2.75) is 0 Å². The Morgan fingerprint density at radius 1 is 1.09 bits per heavy atom. The van der Waals surface area contributed by atoms with Crippen molar-refractivity contribution in [2.24, 2.45) is 0 Å². The molecule has 1 N–H and O–H groups in total. The van der Waals surface area contributed by atoms with Crippen LogP contribution in [0.1, 0.15) is 0 Å². The maximum Gasteiger partial charge on any atom is 0.262 e. The number of nitrogens with zero attached hydrogens (tertiary/aromatic N) is 2. The van der Waals surface area contributed by atoms with Gasteiger partial charge in [-0.1, -0.05) is 35.3 Å². The third-order valence-electron chi connectivity index (χ3n) is 3.05. The average molecular weight is 348 g/mol. The molecule has 1 amide bonds. The summed E-state index contributed by atoms with van der Waals surface area (Å²) in [6, 6.07) is 12.2. The number of halogens is 2. The first-order valence-electron chi connectivity index (χ1n) is 6.71. The van der Waals surface area contributed by atoms with Crippen LogP contribution in [0.5, 0.6) is 5.88 Å². The van der Waals surface area contributed by atoms with E-state index in [-0.39, 0.29) is 12.5 Å². The summed E-state index contributed by atoms with van der Waals surface area (Å²) < 4.78 is 5.49. The molecule has 7 heteroatoms. The number of fused-ring (bicyclic) bond motifs is 1. The van der Waals surface area contributed by atoms with E-state index in [0.29, 0.717) is 21.6 Å². The van der Waals surface area contributed by atoms with Crippen molar-refractivity contribution in [1.82, 2.24) is 9.97 Å². The molecule has 3 aromatic rings. The van der Waals surface area contributed by atoms with E-state index in [9.17, 15) is 4.79 Å². The van der Waals surface area contributed by atoms with Crippen molar-refractivity contribution < 1.29 is 9.53 Å². The van der Waals surface area contributed by atoms with E-state index >= 15 is 0 Å². The molecule has 0 atom stereocenters. The predicted molar refractivity (Wildman–Crippen MR) is 90.1 cm³/mol. The summed E-state index contributed by atoms with van der Waals surface area (Å²) in [6.45, 7) is -0.179. The van der Waals surface area contributed by atoms with Crippen LogP contribution in [0.2, 0.25) is 10.0 Å². The lowest BCUT2D eigenvalue weighted by Crippen LogP contribution is -2.20. The van der Waals surface area contributed by atoms with Gasteiger partial charge in [-0.2, -0.15) is 0 Å². The maximum atomic E-state index is 12.0. The van der Waals surface area contributed by atoms with Gasteiger partial charge in [-0.25, -0.2) is 9.97 Å². The molecule has 23 heavy (non-hydrogen) atoms. The molecule has 0 unspecified atom stereocenters. The number of hydrogen-bond acceptors (Lipinski definition) is 4. The zero-order chi connectivity index (χ0) is 16.2. The van der Waals surface area contributed by atoms with Crippen LogP contribution in [0.3, 0.4) is 0 Å². The summed E-state index contributed by atoms with van der Waals surface area (Å²) >= 11 is 11.7. The van der Waals surface area contributed by atoms with Gasteiger partial charge in [0, 0.05) is 5.69 Å². The van der Waals surface area contributed by atoms with Gasteiger partial charge in [0.05, 0.1) is 20.9 Å². The first kappa shape index (κ1) is 15.5. The topological polar surface area (TPSA) is 64.1 Å². The molecule has 0 radical (unpaired) electrons. The summed E-state index contributed by atoms with van der Waals surface area (Å²) in [7, 11) is 0. The van der Waals surface area contributed by atoms with Gasteiger partial charge in [0.15, 0.2) is 6.61 Å². The van der Waals surface area contributed by atoms with Crippen LogP contribution >= 0.6 is 23.2 Å². The summed E-state index contributed by atoms with van der Waals surface area (Å²) in [4.78, 5) is 20.2. The van der Waals surface area contributed by atoms with Gasteiger partial charge in [0.25, 0.3) is 5.91 Å². The summed E-state index contributed by atoms with van der Waals surface area (Å²) in [5, 5.41) is 4.22. The van der Waals surface area contributed by atoms with E-state index in [4.69, 9.17) is 27.9 Å². The van der Waals surface area contributed by atoms with Crippen LogP contribution in [-0.2, 0) is 4.79 Å². The monoisotopic (exact) mass is 347 g/mol. The first-order valence-corrected chi connectivity index (χ1v) is 7.46. The lowest BCUT2D eigenvalue weighted by atomic mass is 10.2. The minimum absolute atomic E-state index is 0.179. The Morgan fingerprint density at radius 3 is 2.74 bits per heavy atom. The Balaban J connectivity index is 1.67. The molecule has 5 nitrogen and oxygen atoms in total. The van der Waals surface area contributed by atoms with E-state index in [1.165, 1.54) is 6.33 Å². The standard InChI is InChI=1S/C16H11Cl2N3O2/c17-12-6-5-10(7-13(12)18)21-15(22)8-23-16-11-3-1-2-4-14(11)19-9-20-16/h1-7,9H,8H2,(H,21,22). The van der Waals surface area contributed by atoms with Crippen LogP contribution in [0.15, 0.2) is 48.8 Å². The van der Waals surface area contributed by atoms with Crippen LogP contribution < -0.4 is 10.1 Å². The average Bonchev–Trinajstić information content (AvgIpc) is 2.56. The number of carbonyl (C=O) groups excluding carboxylic acids is 1. The second kappa shape index (κ2) is 6.81. The lowest BCUT2D eigenvalue weighted by molar-refractivity contribution is -0.118. The largest absolute Gasteiger partial charge is 0.467 e. The summed E-state index contributed by atoms with van der Waals surface area (Å²) in [6.07, 6.45) is 1.40. The lowest BCUT2D eigenvalue weighted by Gasteiger charge is -2.09.